The van der Waals surface area contributed by atoms with E-state index in [0.717, 1.165) is 6.07 Å². The number of amides is 2. The second-order valence-corrected chi connectivity index (χ2v) is 5.58. The molecule has 116 valence electrons. The lowest BCUT2D eigenvalue weighted by molar-refractivity contribution is -0.141. The van der Waals surface area contributed by atoms with Crippen molar-refractivity contribution in [3.63, 3.8) is 0 Å². The summed E-state index contributed by atoms with van der Waals surface area (Å²) in [5.74, 6) is -1.44. The number of benzene rings is 1. The molecule has 0 saturated carbocycles. The first-order valence-electron chi connectivity index (χ1n) is 6.29. The average molecular weight is 298 g/mol. The van der Waals surface area contributed by atoms with E-state index in [2.05, 4.69) is 10.6 Å². The van der Waals surface area contributed by atoms with Gasteiger partial charge < -0.3 is 20.5 Å². The van der Waals surface area contributed by atoms with Gasteiger partial charge in [-0.15, -0.1) is 0 Å². The summed E-state index contributed by atoms with van der Waals surface area (Å²) in [5, 5.41) is 13.7. The Labute approximate surface area is 122 Å². The molecule has 0 saturated heterocycles. The van der Waals surface area contributed by atoms with Crippen LogP contribution in [-0.4, -0.2) is 30.3 Å². The highest BCUT2D eigenvalue weighted by molar-refractivity contribution is 5.92. The Kier molecular flexibility index (Phi) is 5.12. The highest BCUT2D eigenvalue weighted by Gasteiger charge is 2.32. The van der Waals surface area contributed by atoms with Gasteiger partial charge in [0.05, 0.1) is 12.8 Å². The van der Waals surface area contributed by atoms with Crippen LogP contribution in [0.3, 0.4) is 0 Å². The van der Waals surface area contributed by atoms with Crippen molar-refractivity contribution in [2.45, 2.75) is 26.8 Å². The summed E-state index contributed by atoms with van der Waals surface area (Å²) in [7, 11) is 1.41. The minimum absolute atomic E-state index is 0.0927. The van der Waals surface area contributed by atoms with Crippen molar-refractivity contribution in [1.29, 1.82) is 0 Å². The number of carboxylic acid groups (broad SMARTS) is 1. The fourth-order valence-electron chi connectivity index (χ4n) is 1.67. The first-order chi connectivity index (χ1) is 9.65. The Balaban J connectivity index is 2.84. The largest absolute Gasteiger partial charge is 0.497 e. The number of carbonyl (C=O) groups excluding carboxylic acids is 1. The summed E-state index contributed by atoms with van der Waals surface area (Å²) < 4.78 is 18.5. The molecule has 1 rings (SSSR count). The highest BCUT2D eigenvalue weighted by atomic mass is 19.1. The van der Waals surface area contributed by atoms with Crippen LogP contribution in [0.5, 0.6) is 5.75 Å². The molecular weight excluding hydrogens is 279 g/mol. The SMILES string of the molecule is COc1ccc(F)c(NC(=O)NC(C(=O)O)C(C)(C)C)c1. The van der Waals surface area contributed by atoms with E-state index >= 15 is 0 Å². The van der Waals surface area contributed by atoms with Crippen LogP contribution in [0.25, 0.3) is 0 Å². The number of hydrogen-bond acceptors (Lipinski definition) is 3. The van der Waals surface area contributed by atoms with Crippen molar-refractivity contribution in [1.82, 2.24) is 5.32 Å². The zero-order chi connectivity index (χ0) is 16.2. The number of carboxylic acids is 1. The molecule has 0 radical (unpaired) electrons. The predicted octanol–water partition coefficient (Wildman–Crippen LogP) is 2.46. The molecule has 6 nitrogen and oxygen atoms in total. The molecule has 0 heterocycles. The third-order valence-electron chi connectivity index (χ3n) is 2.81. The summed E-state index contributed by atoms with van der Waals surface area (Å²) in [5.41, 5.74) is -0.777. The van der Waals surface area contributed by atoms with Gasteiger partial charge in [-0.2, -0.15) is 0 Å². The number of halogens is 1. The lowest BCUT2D eigenvalue weighted by Gasteiger charge is -2.27. The molecular formula is C14H19FN2O4. The van der Waals surface area contributed by atoms with Gasteiger partial charge in [0.1, 0.15) is 17.6 Å². The van der Waals surface area contributed by atoms with Gasteiger partial charge in [0.25, 0.3) is 0 Å². The number of hydrogen-bond donors (Lipinski definition) is 3. The van der Waals surface area contributed by atoms with Gasteiger partial charge in [-0.25, -0.2) is 14.0 Å². The Bertz CT molecular complexity index is 540. The molecule has 0 aliphatic carbocycles. The van der Waals surface area contributed by atoms with Crippen LogP contribution >= 0.6 is 0 Å². The number of anilines is 1. The van der Waals surface area contributed by atoms with Crippen molar-refractivity contribution in [2.75, 3.05) is 12.4 Å². The Morgan fingerprint density at radius 2 is 1.95 bits per heavy atom. The van der Waals surface area contributed by atoms with Gasteiger partial charge >= 0.3 is 12.0 Å². The topological polar surface area (TPSA) is 87.7 Å². The normalized spacial score (nSPS) is 12.4. The third-order valence-corrected chi connectivity index (χ3v) is 2.81. The van der Waals surface area contributed by atoms with Crippen LogP contribution in [0.4, 0.5) is 14.9 Å². The summed E-state index contributed by atoms with van der Waals surface area (Å²) in [6.45, 7) is 5.04. The van der Waals surface area contributed by atoms with E-state index in [1.165, 1.54) is 19.2 Å². The second kappa shape index (κ2) is 6.43. The van der Waals surface area contributed by atoms with E-state index in [4.69, 9.17) is 9.84 Å². The lowest BCUT2D eigenvalue weighted by atomic mass is 9.87. The number of urea groups is 1. The zero-order valence-corrected chi connectivity index (χ0v) is 12.4. The summed E-state index contributed by atoms with van der Waals surface area (Å²) in [6.07, 6.45) is 0. The minimum Gasteiger partial charge on any atom is -0.497 e. The van der Waals surface area contributed by atoms with Crippen molar-refractivity contribution in [3.8, 4) is 5.75 Å². The monoisotopic (exact) mass is 298 g/mol. The quantitative estimate of drug-likeness (QED) is 0.796. The molecule has 1 unspecified atom stereocenters. The lowest BCUT2D eigenvalue weighted by Crippen LogP contribution is -2.50. The van der Waals surface area contributed by atoms with Gasteiger partial charge in [0, 0.05) is 6.07 Å². The highest BCUT2D eigenvalue weighted by Crippen LogP contribution is 2.22. The van der Waals surface area contributed by atoms with Gasteiger partial charge in [-0.3, -0.25) is 0 Å². The molecule has 7 heteroatoms. The first-order valence-corrected chi connectivity index (χ1v) is 6.29. The van der Waals surface area contributed by atoms with E-state index < -0.39 is 29.3 Å². The maximum Gasteiger partial charge on any atom is 0.326 e. The first kappa shape index (κ1) is 16.7. The molecule has 0 spiro atoms. The molecule has 0 aromatic heterocycles. The molecule has 3 N–H and O–H groups in total. The molecule has 0 bridgehead atoms. The molecule has 2 amide bonds. The van der Waals surface area contributed by atoms with Crippen LogP contribution in [-0.2, 0) is 4.79 Å². The number of methoxy groups -OCH3 is 1. The fourth-order valence-corrected chi connectivity index (χ4v) is 1.67. The van der Waals surface area contributed by atoms with Crippen LogP contribution in [0.2, 0.25) is 0 Å². The number of nitrogens with one attached hydrogen (secondary N) is 2. The van der Waals surface area contributed by atoms with Crippen molar-refractivity contribution >= 4 is 17.7 Å². The summed E-state index contributed by atoms with van der Waals surface area (Å²) in [6, 6.07) is 1.96. The number of aliphatic carboxylic acids is 1. The van der Waals surface area contributed by atoms with Gasteiger partial charge in [-0.05, 0) is 17.5 Å². The smallest absolute Gasteiger partial charge is 0.326 e. The third kappa shape index (κ3) is 4.62. The Morgan fingerprint density at radius 1 is 1.33 bits per heavy atom. The molecule has 0 fully saturated rings. The van der Waals surface area contributed by atoms with E-state index in [1.54, 1.807) is 20.8 Å². The maximum absolute atomic E-state index is 13.6. The van der Waals surface area contributed by atoms with Crippen LogP contribution in [0.1, 0.15) is 20.8 Å². The zero-order valence-electron chi connectivity index (χ0n) is 12.4. The van der Waals surface area contributed by atoms with E-state index in [1.807, 2.05) is 0 Å². The standard InChI is InChI=1S/C14H19FN2O4/c1-14(2,3)11(12(18)19)17-13(20)16-10-7-8(21-4)5-6-9(10)15/h5-7,11H,1-4H3,(H,18,19)(H2,16,17,20). The van der Waals surface area contributed by atoms with E-state index in [0.29, 0.717) is 5.75 Å². The average Bonchev–Trinajstić information content (AvgIpc) is 2.37. The number of carbonyl (C=O) groups is 2. The van der Waals surface area contributed by atoms with Crippen LogP contribution < -0.4 is 15.4 Å². The predicted molar refractivity (Wildman–Crippen MR) is 76.0 cm³/mol. The summed E-state index contributed by atoms with van der Waals surface area (Å²) in [4.78, 5) is 23.0. The van der Waals surface area contributed by atoms with E-state index in [-0.39, 0.29) is 5.69 Å². The minimum atomic E-state index is -1.16. The van der Waals surface area contributed by atoms with Gasteiger partial charge in [-0.1, -0.05) is 20.8 Å². The van der Waals surface area contributed by atoms with Gasteiger partial charge in [0.2, 0.25) is 0 Å². The van der Waals surface area contributed by atoms with Crippen molar-refractivity contribution < 1.29 is 23.8 Å². The van der Waals surface area contributed by atoms with Crippen LogP contribution in [0.15, 0.2) is 18.2 Å². The van der Waals surface area contributed by atoms with Crippen LogP contribution in [0, 0.1) is 11.2 Å². The molecule has 0 aliphatic heterocycles. The van der Waals surface area contributed by atoms with E-state index in [9.17, 15) is 14.0 Å². The molecule has 1 atom stereocenters. The number of ether oxygens (including phenoxy) is 1. The second-order valence-electron chi connectivity index (χ2n) is 5.58. The molecule has 1 aromatic carbocycles. The maximum atomic E-state index is 13.6. The fraction of sp³-hybridized carbons (Fsp3) is 0.429. The van der Waals surface area contributed by atoms with Crippen molar-refractivity contribution in [2.24, 2.45) is 5.41 Å². The Morgan fingerprint density at radius 3 is 2.43 bits per heavy atom. The molecule has 21 heavy (non-hydrogen) atoms. The van der Waals surface area contributed by atoms with Gasteiger partial charge in [0.15, 0.2) is 0 Å². The molecule has 0 aliphatic rings. The Hall–Kier alpha value is -2.31. The molecule has 1 aromatic rings. The van der Waals surface area contributed by atoms with Crippen molar-refractivity contribution in [3.05, 3.63) is 24.0 Å². The number of rotatable bonds is 4. The summed E-state index contributed by atoms with van der Waals surface area (Å²) >= 11 is 0.